The average molecular weight is 544 g/mol. The first-order valence-corrected chi connectivity index (χ1v) is 11.8. The maximum atomic E-state index is 12.0. The van der Waals surface area contributed by atoms with Gasteiger partial charge in [-0.1, -0.05) is 0 Å². The van der Waals surface area contributed by atoms with Crippen molar-refractivity contribution in [3.05, 3.63) is 0 Å². The zero-order valence-electron chi connectivity index (χ0n) is 20.5. The molecule has 0 aliphatic carbocycles. The summed E-state index contributed by atoms with van der Waals surface area (Å²) in [7, 11) is 1.26. The Balaban J connectivity index is 1.95. The van der Waals surface area contributed by atoms with Crippen LogP contribution in [0.3, 0.4) is 0 Å². The maximum Gasteiger partial charge on any atom is 0.217 e. The fourth-order valence-electron chi connectivity index (χ4n) is 4.58. The standard InChI is InChI=1S/C21H37NO15/c1-6-11(26)13(28)15(30)20(33-6)37-18-10(22-7(2)25)19(32-3)35-9(5-24)17(18)36-21-16(31)14(29)12(27)8(4-23)34-21/h6,8-21,23-24,26-31H,4-5H2,1-3H3,(H,22,25)/t6-,8+,9+,10+,11+,12+,13+,14-,15-,16+,17+,18+,19+,20-,21-/m0/s1. The van der Waals surface area contributed by atoms with Gasteiger partial charge < -0.3 is 74.6 Å². The van der Waals surface area contributed by atoms with Gasteiger partial charge in [0.2, 0.25) is 5.91 Å². The molecule has 3 aliphatic heterocycles. The second kappa shape index (κ2) is 12.8. The zero-order chi connectivity index (χ0) is 27.6. The molecular formula is C21H37NO15. The highest BCUT2D eigenvalue weighted by Gasteiger charge is 2.54. The number of aliphatic hydroxyl groups is 8. The Morgan fingerprint density at radius 1 is 0.730 bits per heavy atom. The Kier molecular flexibility index (Phi) is 10.6. The molecule has 3 fully saturated rings. The Labute approximate surface area is 212 Å². The third-order valence-corrected chi connectivity index (χ3v) is 6.67. The first-order chi connectivity index (χ1) is 17.4. The topological polar surface area (TPSA) is 246 Å². The first-order valence-electron chi connectivity index (χ1n) is 11.8. The van der Waals surface area contributed by atoms with Crippen LogP contribution in [-0.4, -0.2) is 159 Å². The lowest BCUT2D eigenvalue weighted by atomic mass is 9.94. The van der Waals surface area contributed by atoms with Crippen molar-refractivity contribution < 1.29 is 74.1 Å². The van der Waals surface area contributed by atoms with E-state index in [0.29, 0.717) is 0 Å². The number of aliphatic hydroxyl groups excluding tert-OH is 8. The summed E-state index contributed by atoms with van der Waals surface area (Å²) < 4.78 is 33.7. The quantitative estimate of drug-likeness (QED) is 0.138. The van der Waals surface area contributed by atoms with Gasteiger partial charge in [0, 0.05) is 14.0 Å². The minimum atomic E-state index is -1.81. The molecule has 0 aromatic rings. The molecule has 216 valence electrons. The van der Waals surface area contributed by atoms with Gasteiger partial charge in [-0.2, -0.15) is 0 Å². The molecule has 1 amide bonds. The lowest BCUT2D eigenvalue weighted by Crippen LogP contribution is -2.69. The summed E-state index contributed by atoms with van der Waals surface area (Å²) in [5.41, 5.74) is 0. The van der Waals surface area contributed by atoms with E-state index in [9.17, 15) is 45.6 Å². The van der Waals surface area contributed by atoms with Crippen LogP contribution >= 0.6 is 0 Å². The zero-order valence-corrected chi connectivity index (χ0v) is 20.5. The number of carbonyl (C=O) groups is 1. The third kappa shape index (κ3) is 6.39. The molecule has 3 rings (SSSR count). The monoisotopic (exact) mass is 543 g/mol. The van der Waals surface area contributed by atoms with Crippen molar-refractivity contribution in [1.82, 2.24) is 5.32 Å². The van der Waals surface area contributed by atoms with E-state index in [4.69, 9.17) is 28.4 Å². The Morgan fingerprint density at radius 3 is 1.78 bits per heavy atom. The molecule has 15 atom stereocenters. The average Bonchev–Trinajstić information content (AvgIpc) is 2.87. The Morgan fingerprint density at radius 2 is 1.24 bits per heavy atom. The largest absolute Gasteiger partial charge is 0.394 e. The van der Waals surface area contributed by atoms with E-state index in [0.717, 1.165) is 0 Å². The van der Waals surface area contributed by atoms with Gasteiger partial charge in [0.05, 0.1) is 19.3 Å². The van der Waals surface area contributed by atoms with Crippen LogP contribution in [-0.2, 0) is 33.2 Å². The molecule has 16 heteroatoms. The third-order valence-electron chi connectivity index (χ3n) is 6.67. The summed E-state index contributed by atoms with van der Waals surface area (Å²) in [6, 6.07) is -1.17. The van der Waals surface area contributed by atoms with Crippen LogP contribution in [0.5, 0.6) is 0 Å². The van der Waals surface area contributed by atoms with E-state index in [-0.39, 0.29) is 0 Å². The molecule has 37 heavy (non-hydrogen) atoms. The molecule has 0 unspecified atom stereocenters. The number of amides is 1. The van der Waals surface area contributed by atoms with Crippen molar-refractivity contribution in [2.75, 3.05) is 20.3 Å². The number of rotatable bonds is 8. The van der Waals surface area contributed by atoms with Crippen molar-refractivity contribution in [3.8, 4) is 0 Å². The highest BCUT2D eigenvalue weighted by molar-refractivity contribution is 5.73. The van der Waals surface area contributed by atoms with Crippen LogP contribution in [0.2, 0.25) is 0 Å². The van der Waals surface area contributed by atoms with Crippen molar-refractivity contribution >= 4 is 5.91 Å². The first kappa shape index (κ1) is 30.5. The van der Waals surface area contributed by atoms with Gasteiger partial charge in [-0.3, -0.25) is 4.79 Å². The van der Waals surface area contributed by atoms with Crippen LogP contribution in [0, 0.1) is 0 Å². The number of carbonyl (C=O) groups excluding carboxylic acids is 1. The van der Waals surface area contributed by atoms with E-state index < -0.39 is 111 Å². The minimum absolute atomic E-state index is 0.549. The summed E-state index contributed by atoms with van der Waals surface area (Å²) in [5, 5.41) is 83.5. The van der Waals surface area contributed by atoms with Crippen molar-refractivity contribution in [1.29, 1.82) is 0 Å². The second-order valence-electron chi connectivity index (χ2n) is 9.27. The van der Waals surface area contributed by atoms with E-state index in [2.05, 4.69) is 5.32 Å². The van der Waals surface area contributed by atoms with Gasteiger partial charge in [-0.25, -0.2) is 0 Å². The van der Waals surface area contributed by atoms with E-state index in [1.807, 2.05) is 0 Å². The highest BCUT2D eigenvalue weighted by atomic mass is 16.8. The molecule has 0 saturated carbocycles. The molecule has 3 heterocycles. The number of nitrogens with one attached hydrogen (secondary N) is 1. The van der Waals surface area contributed by atoms with Crippen LogP contribution in [0.1, 0.15) is 13.8 Å². The number of hydrogen-bond acceptors (Lipinski definition) is 15. The lowest BCUT2D eigenvalue weighted by molar-refractivity contribution is -0.372. The van der Waals surface area contributed by atoms with Crippen LogP contribution in [0.25, 0.3) is 0 Å². The maximum absolute atomic E-state index is 12.0. The summed E-state index contributed by atoms with van der Waals surface area (Å²) in [4.78, 5) is 12.0. The van der Waals surface area contributed by atoms with Gasteiger partial charge in [0.25, 0.3) is 0 Å². The molecule has 0 aromatic carbocycles. The highest BCUT2D eigenvalue weighted by Crippen LogP contribution is 2.33. The lowest BCUT2D eigenvalue weighted by Gasteiger charge is -2.50. The predicted octanol–water partition coefficient (Wildman–Crippen LogP) is -5.75. The summed E-state index contributed by atoms with van der Waals surface area (Å²) in [6.45, 7) is 1.21. The molecule has 3 saturated heterocycles. The molecule has 0 aromatic heterocycles. The normalized spacial score (nSPS) is 49.0. The number of hydrogen-bond donors (Lipinski definition) is 9. The number of methoxy groups -OCH3 is 1. The summed E-state index contributed by atoms with van der Waals surface area (Å²) in [5.74, 6) is -0.549. The second-order valence-corrected chi connectivity index (χ2v) is 9.27. The smallest absolute Gasteiger partial charge is 0.217 e. The van der Waals surface area contributed by atoms with E-state index >= 15 is 0 Å². The molecule has 0 bridgehead atoms. The molecule has 16 nitrogen and oxygen atoms in total. The van der Waals surface area contributed by atoms with Gasteiger partial charge in [0.1, 0.15) is 67.1 Å². The van der Waals surface area contributed by atoms with Crippen molar-refractivity contribution in [2.45, 2.75) is 106 Å². The molecule has 9 N–H and O–H groups in total. The predicted molar refractivity (Wildman–Crippen MR) is 116 cm³/mol. The Hall–Kier alpha value is -1.09. The summed E-state index contributed by atoms with van der Waals surface area (Å²) in [6.07, 6.45) is -20.8. The van der Waals surface area contributed by atoms with Gasteiger partial charge in [-0.15, -0.1) is 0 Å². The van der Waals surface area contributed by atoms with Crippen LogP contribution in [0.15, 0.2) is 0 Å². The van der Waals surface area contributed by atoms with Gasteiger partial charge in [0.15, 0.2) is 18.9 Å². The van der Waals surface area contributed by atoms with E-state index in [1.54, 1.807) is 0 Å². The van der Waals surface area contributed by atoms with Gasteiger partial charge >= 0.3 is 0 Å². The van der Waals surface area contributed by atoms with Crippen molar-refractivity contribution in [3.63, 3.8) is 0 Å². The Bertz CT molecular complexity index is 745. The fourth-order valence-corrected chi connectivity index (χ4v) is 4.58. The summed E-state index contributed by atoms with van der Waals surface area (Å²) >= 11 is 0. The SMILES string of the molecule is CO[C@@H]1O[C@H](CO)[C@@H](O[C@@H]2O[C@H](CO)[C@@H](O)[C@H](O)[C@H]2O)[C@H](O[C@@H]2O[C@@H](C)[C@@H](O)[C@@H](O)[C@@H]2O)[C@H]1NC(C)=O. The van der Waals surface area contributed by atoms with Gasteiger partial charge in [-0.05, 0) is 6.92 Å². The molecular weight excluding hydrogens is 506 g/mol. The molecule has 0 radical (unpaired) electrons. The van der Waals surface area contributed by atoms with Crippen LogP contribution < -0.4 is 5.32 Å². The molecule has 3 aliphatic rings. The fraction of sp³-hybridized carbons (Fsp3) is 0.952. The number of ether oxygens (including phenoxy) is 6. The molecule has 0 spiro atoms. The van der Waals surface area contributed by atoms with Crippen LogP contribution in [0.4, 0.5) is 0 Å². The minimum Gasteiger partial charge on any atom is -0.394 e. The van der Waals surface area contributed by atoms with E-state index in [1.165, 1.54) is 21.0 Å². The van der Waals surface area contributed by atoms with Crippen molar-refractivity contribution in [2.24, 2.45) is 0 Å².